The van der Waals surface area contributed by atoms with E-state index in [-0.39, 0.29) is 0 Å². The van der Waals surface area contributed by atoms with Crippen LogP contribution in [0.25, 0.3) is 0 Å². The van der Waals surface area contributed by atoms with E-state index in [1.165, 1.54) is 6.42 Å². The summed E-state index contributed by atoms with van der Waals surface area (Å²) in [5, 5.41) is 0. The van der Waals surface area contributed by atoms with E-state index in [1.807, 2.05) is 13.0 Å². The fraction of sp³-hybridized carbons (Fsp3) is 0.200. The molecule has 0 aromatic rings. The fourth-order valence-corrected chi connectivity index (χ4v) is 1.88. The molecule has 0 fully saturated rings. The first-order chi connectivity index (χ1) is 5.43. The molecule has 0 aromatic carbocycles. The third kappa shape index (κ3) is 3.41. The number of allylic oxidation sites excluding steroid dienone is 7. The van der Waals surface area contributed by atoms with Crippen molar-refractivity contribution in [3.05, 3.63) is 45.8 Å². The van der Waals surface area contributed by atoms with Gasteiger partial charge in [0.25, 0.3) is 0 Å². The Morgan fingerprint density at radius 2 is 2.36 bits per heavy atom. The Bertz CT molecular complexity index is 219. The molecule has 0 heterocycles. The van der Waals surface area contributed by atoms with E-state index in [9.17, 15) is 0 Å². The van der Waals surface area contributed by atoms with Crippen molar-refractivity contribution in [1.29, 1.82) is 0 Å². The summed E-state index contributed by atoms with van der Waals surface area (Å²) in [6.07, 6.45) is 14.0. The zero-order chi connectivity index (χ0) is 7.94. The molecular formula is C10H12Cr. The van der Waals surface area contributed by atoms with Crippen molar-refractivity contribution in [2.24, 2.45) is 0 Å². The van der Waals surface area contributed by atoms with Crippen LogP contribution in [0, 0.1) is 0 Å². The van der Waals surface area contributed by atoms with Gasteiger partial charge in [-0.25, -0.2) is 0 Å². The minimum atomic E-state index is 0.572. The third-order valence-corrected chi connectivity index (χ3v) is 2.74. The molecule has 0 spiro atoms. The standard InChI is InChI=1S/C5H5.C5H7.Cr/c1-2-4-5-3-1;1-3-5-4-2;/h1-3H,4H2;1,3-5H,2H3;. The van der Waals surface area contributed by atoms with Crippen LogP contribution in [0.3, 0.4) is 0 Å². The summed E-state index contributed by atoms with van der Waals surface area (Å²) >= 11 is 0.572. The summed E-state index contributed by atoms with van der Waals surface area (Å²) < 4.78 is 1.57. The molecule has 0 atom stereocenters. The van der Waals surface area contributed by atoms with Crippen molar-refractivity contribution in [2.45, 2.75) is 13.3 Å². The monoisotopic (exact) mass is 184 g/mol. The molecule has 0 bridgehead atoms. The Labute approximate surface area is 74.7 Å². The predicted molar refractivity (Wildman–Crippen MR) is 45.8 cm³/mol. The van der Waals surface area contributed by atoms with Crippen molar-refractivity contribution in [1.82, 2.24) is 0 Å². The van der Waals surface area contributed by atoms with E-state index in [0.717, 1.165) is 0 Å². The second kappa shape index (κ2) is 5.18. The predicted octanol–water partition coefficient (Wildman–Crippen LogP) is 3.00. The van der Waals surface area contributed by atoms with Crippen LogP contribution < -0.4 is 0 Å². The summed E-state index contributed by atoms with van der Waals surface area (Å²) in [5.41, 5.74) is 0. The van der Waals surface area contributed by atoms with Crippen LogP contribution in [0.5, 0.6) is 0 Å². The molecule has 0 aliphatic heterocycles. The molecule has 0 nitrogen and oxygen atoms in total. The van der Waals surface area contributed by atoms with Crippen molar-refractivity contribution in [2.75, 3.05) is 0 Å². The van der Waals surface area contributed by atoms with E-state index in [0.29, 0.717) is 15.2 Å². The average molecular weight is 184 g/mol. The van der Waals surface area contributed by atoms with Crippen LogP contribution in [0.15, 0.2) is 45.8 Å². The molecule has 1 aliphatic carbocycles. The van der Waals surface area contributed by atoms with Gasteiger partial charge in [-0.1, -0.05) is 0 Å². The Morgan fingerprint density at radius 1 is 1.45 bits per heavy atom. The van der Waals surface area contributed by atoms with Crippen LogP contribution in [0.4, 0.5) is 0 Å². The van der Waals surface area contributed by atoms with Crippen LogP contribution in [-0.2, 0) is 15.2 Å². The Morgan fingerprint density at radius 3 is 3.00 bits per heavy atom. The van der Waals surface area contributed by atoms with E-state index < -0.39 is 0 Å². The molecule has 0 amide bonds. The average Bonchev–Trinajstić information content (AvgIpc) is 2.50. The van der Waals surface area contributed by atoms with Crippen molar-refractivity contribution in [3.8, 4) is 0 Å². The molecule has 0 saturated heterocycles. The molecule has 1 heteroatoms. The summed E-state index contributed by atoms with van der Waals surface area (Å²) in [6.45, 7) is 2.04. The normalized spacial score (nSPS) is 17.0. The summed E-state index contributed by atoms with van der Waals surface area (Å²) in [7, 11) is 0. The molecule has 1 rings (SSSR count). The van der Waals surface area contributed by atoms with Crippen LogP contribution in [0.1, 0.15) is 13.3 Å². The Hall–Kier alpha value is -0.508. The number of hydrogen-bond acceptors (Lipinski definition) is 0. The molecule has 11 heavy (non-hydrogen) atoms. The molecule has 0 radical (unpaired) electrons. The van der Waals surface area contributed by atoms with Gasteiger partial charge >= 0.3 is 74.4 Å². The third-order valence-electron chi connectivity index (χ3n) is 1.34. The van der Waals surface area contributed by atoms with Gasteiger partial charge in [-0.05, 0) is 0 Å². The zero-order valence-electron chi connectivity index (χ0n) is 6.66. The van der Waals surface area contributed by atoms with Gasteiger partial charge in [0.15, 0.2) is 0 Å². The molecular weight excluding hydrogens is 172 g/mol. The number of hydrogen-bond donors (Lipinski definition) is 0. The molecule has 0 saturated carbocycles. The van der Waals surface area contributed by atoms with Gasteiger partial charge in [0.2, 0.25) is 0 Å². The maximum atomic E-state index is 2.26. The molecule has 1 aliphatic rings. The van der Waals surface area contributed by atoms with E-state index >= 15 is 0 Å². The van der Waals surface area contributed by atoms with Gasteiger partial charge < -0.3 is 0 Å². The first kappa shape index (κ1) is 8.59. The Balaban J connectivity index is 2.22. The second-order valence-electron chi connectivity index (χ2n) is 2.24. The molecule has 58 valence electrons. The summed E-state index contributed by atoms with van der Waals surface area (Å²) in [6, 6.07) is 0. The minimum absolute atomic E-state index is 0.572. The zero-order valence-corrected chi connectivity index (χ0v) is 7.93. The molecule has 0 unspecified atom stereocenters. The van der Waals surface area contributed by atoms with E-state index in [2.05, 4.69) is 35.3 Å². The van der Waals surface area contributed by atoms with Crippen molar-refractivity contribution in [3.63, 3.8) is 0 Å². The Kier molecular flexibility index (Phi) is 4.05. The quantitative estimate of drug-likeness (QED) is 0.591. The van der Waals surface area contributed by atoms with Gasteiger partial charge in [-0.3, -0.25) is 0 Å². The second-order valence-corrected chi connectivity index (χ2v) is 3.85. The first-order valence-electron chi connectivity index (χ1n) is 3.73. The van der Waals surface area contributed by atoms with Crippen LogP contribution >= 0.6 is 0 Å². The molecule has 0 N–H and O–H groups in total. The topological polar surface area (TPSA) is 0 Å². The first-order valence-corrected chi connectivity index (χ1v) is 5.11. The van der Waals surface area contributed by atoms with Crippen molar-refractivity contribution >= 4 is 0 Å². The summed E-state index contributed by atoms with van der Waals surface area (Å²) in [5.74, 6) is 0. The fourth-order valence-electron chi connectivity index (χ4n) is 0.798. The van der Waals surface area contributed by atoms with Gasteiger partial charge in [-0.2, -0.15) is 0 Å². The van der Waals surface area contributed by atoms with E-state index in [1.54, 1.807) is 4.44 Å². The maximum absolute atomic E-state index is 2.26. The SMILES string of the molecule is CC=CC=[CH][Cr][C]1=CC=CC1. The van der Waals surface area contributed by atoms with Crippen LogP contribution in [0.2, 0.25) is 0 Å². The van der Waals surface area contributed by atoms with Gasteiger partial charge in [-0.15, -0.1) is 0 Å². The van der Waals surface area contributed by atoms with Crippen LogP contribution in [-0.4, -0.2) is 0 Å². The van der Waals surface area contributed by atoms with Gasteiger partial charge in [0.05, 0.1) is 0 Å². The van der Waals surface area contributed by atoms with Gasteiger partial charge in [0, 0.05) is 0 Å². The van der Waals surface area contributed by atoms with Crippen molar-refractivity contribution < 1.29 is 15.2 Å². The molecule has 0 aromatic heterocycles. The van der Waals surface area contributed by atoms with E-state index in [4.69, 9.17) is 0 Å². The summed E-state index contributed by atoms with van der Waals surface area (Å²) in [4.78, 5) is 2.26. The van der Waals surface area contributed by atoms with Gasteiger partial charge in [0.1, 0.15) is 0 Å². The number of rotatable bonds is 3.